The third kappa shape index (κ3) is 3.95. The topological polar surface area (TPSA) is 79.5 Å². The average molecular weight is 356 g/mol. The summed E-state index contributed by atoms with van der Waals surface area (Å²) in [7, 11) is -3.59. The van der Waals surface area contributed by atoms with Crippen LogP contribution in [-0.4, -0.2) is 20.1 Å². The van der Waals surface area contributed by atoms with Crippen LogP contribution in [-0.2, 0) is 21.4 Å². The van der Waals surface area contributed by atoms with E-state index in [2.05, 4.69) is 4.72 Å². The Labute approximate surface area is 140 Å². The molecule has 1 aromatic heterocycles. The third-order valence-corrected chi connectivity index (χ3v) is 5.54. The van der Waals surface area contributed by atoms with Crippen LogP contribution in [0.25, 0.3) is 0 Å². The summed E-state index contributed by atoms with van der Waals surface area (Å²) in [4.78, 5) is 0. The van der Waals surface area contributed by atoms with E-state index in [0.29, 0.717) is 16.3 Å². The van der Waals surface area contributed by atoms with Gasteiger partial charge in [-0.2, -0.15) is 0 Å². The van der Waals surface area contributed by atoms with Gasteiger partial charge >= 0.3 is 0 Å². The van der Waals surface area contributed by atoms with E-state index < -0.39 is 15.6 Å². The predicted molar refractivity (Wildman–Crippen MR) is 87.4 cm³/mol. The molecule has 0 radical (unpaired) electrons. The number of furan rings is 1. The lowest BCUT2D eigenvalue weighted by molar-refractivity contribution is -0.00225. The van der Waals surface area contributed by atoms with E-state index >= 15 is 0 Å². The summed E-state index contributed by atoms with van der Waals surface area (Å²) >= 11 is 5.87. The van der Waals surface area contributed by atoms with Crippen molar-refractivity contribution in [1.82, 2.24) is 4.72 Å². The van der Waals surface area contributed by atoms with Crippen LogP contribution in [0.2, 0.25) is 5.02 Å². The first-order valence-electron chi connectivity index (χ1n) is 7.37. The minimum Gasteiger partial charge on any atom is -0.466 e. The summed E-state index contributed by atoms with van der Waals surface area (Å²) in [6.45, 7) is -0.103. The molecule has 1 heterocycles. The Morgan fingerprint density at radius 3 is 2.70 bits per heavy atom. The van der Waals surface area contributed by atoms with Gasteiger partial charge in [0.05, 0.1) is 12.0 Å². The fourth-order valence-corrected chi connectivity index (χ4v) is 4.01. The molecule has 0 spiro atoms. The van der Waals surface area contributed by atoms with Crippen LogP contribution in [0, 0.1) is 5.92 Å². The number of hydrogen-bond acceptors (Lipinski definition) is 4. The zero-order valence-corrected chi connectivity index (χ0v) is 14.0. The van der Waals surface area contributed by atoms with Crippen LogP contribution in [0.15, 0.2) is 47.1 Å². The monoisotopic (exact) mass is 355 g/mol. The van der Waals surface area contributed by atoms with Crippen LogP contribution in [0.1, 0.15) is 24.2 Å². The zero-order valence-electron chi connectivity index (χ0n) is 12.4. The van der Waals surface area contributed by atoms with Crippen molar-refractivity contribution in [1.29, 1.82) is 0 Å². The molecular weight excluding hydrogens is 338 g/mol. The number of rotatable bonds is 7. The molecule has 2 N–H and O–H groups in total. The Bertz CT molecular complexity index is 771. The maximum absolute atomic E-state index is 12.3. The molecule has 0 bridgehead atoms. The highest BCUT2D eigenvalue weighted by Crippen LogP contribution is 2.45. The second-order valence-corrected chi connectivity index (χ2v) is 8.13. The standard InChI is InChI=1S/C16H18ClNO4S/c17-14-4-1-3-12(9-14)10-23(20,21)18-11-16(19,13-6-7-13)15-5-2-8-22-15/h1-5,8-9,13,18-19H,6-7,10-11H2. The number of benzene rings is 1. The Kier molecular flexibility index (Phi) is 4.51. The molecule has 1 fully saturated rings. The van der Waals surface area contributed by atoms with E-state index in [-0.39, 0.29) is 18.2 Å². The van der Waals surface area contributed by atoms with Crippen LogP contribution in [0.5, 0.6) is 0 Å². The third-order valence-electron chi connectivity index (χ3n) is 4.01. The lowest BCUT2D eigenvalue weighted by Gasteiger charge is -2.26. The van der Waals surface area contributed by atoms with Crippen LogP contribution >= 0.6 is 11.6 Å². The van der Waals surface area contributed by atoms with Gasteiger partial charge in [-0.05, 0) is 48.6 Å². The van der Waals surface area contributed by atoms with E-state index in [1.807, 2.05) is 0 Å². The number of nitrogens with one attached hydrogen (secondary N) is 1. The van der Waals surface area contributed by atoms with Crippen molar-refractivity contribution in [2.45, 2.75) is 24.2 Å². The van der Waals surface area contributed by atoms with Gasteiger partial charge in [0.15, 0.2) is 0 Å². The minimum atomic E-state index is -3.59. The largest absolute Gasteiger partial charge is 0.466 e. The van der Waals surface area contributed by atoms with Crippen molar-refractivity contribution in [3.8, 4) is 0 Å². The summed E-state index contributed by atoms with van der Waals surface area (Å²) in [5, 5.41) is 11.3. The molecule has 1 aliphatic carbocycles. The van der Waals surface area contributed by atoms with Gasteiger partial charge in [0.25, 0.3) is 0 Å². The lowest BCUT2D eigenvalue weighted by atomic mass is 9.95. The Morgan fingerprint density at radius 2 is 2.09 bits per heavy atom. The SMILES string of the molecule is O=S(=O)(Cc1cccc(Cl)c1)NCC(O)(c1ccco1)C1CC1. The van der Waals surface area contributed by atoms with Crippen molar-refractivity contribution in [2.75, 3.05) is 6.54 Å². The Hall–Kier alpha value is -1.34. The molecule has 1 saturated carbocycles. The fraction of sp³-hybridized carbons (Fsp3) is 0.375. The summed E-state index contributed by atoms with van der Waals surface area (Å²) in [6.07, 6.45) is 3.18. The fourth-order valence-electron chi connectivity index (χ4n) is 2.64. The highest BCUT2D eigenvalue weighted by Gasteiger charge is 2.47. The smallest absolute Gasteiger partial charge is 0.215 e. The van der Waals surface area contributed by atoms with Crippen molar-refractivity contribution in [3.05, 3.63) is 59.0 Å². The Morgan fingerprint density at radius 1 is 1.30 bits per heavy atom. The average Bonchev–Trinajstić information content (AvgIpc) is 3.20. The van der Waals surface area contributed by atoms with E-state index in [1.54, 1.807) is 36.4 Å². The van der Waals surface area contributed by atoms with Gasteiger partial charge in [-0.15, -0.1) is 0 Å². The van der Waals surface area contributed by atoms with Crippen molar-refractivity contribution in [2.24, 2.45) is 5.92 Å². The maximum atomic E-state index is 12.3. The molecule has 0 aliphatic heterocycles. The molecule has 5 nitrogen and oxygen atoms in total. The van der Waals surface area contributed by atoms with Gasteiger partial charge in [-0.25, -0.2) is 13.1 Å². The van der Waals surface area contributed by atoms with Crippen molar-refractivity contribution < 1.29 is 17.9 Å². The molecule has 7 heteroatoms. The van der Waals surface area contributed by atoms with Crippen LogP contribution in [0.3, 0.4) is 0 Å². The van der Waals surface area contributed by atoms with Gasteiger partial charge in [0.2, 0.25) is 10.0 Å². The van der Waals surface area contributed by atoms with Crippen LogP contribution in [0.4, 0.5) is 0 Å². The molecule has 3 rings (SSSR count). The van der Waals surface area contributed by atoms with E-state index in [0.717, 1.165) is 12.8 Å². The zero-order chi connectivity index (χ0) is 16.5. The second-order valence-electron chi connectivity index (χ2n) is 5.89. The second kappa shape index (κ2) is 6.28. The van der Waals surface area contributed by atoms with Crippen LogP contribution < -0.4 is 4.72 Å². The van der Waals surface area contributed by atoms with E-state index in [9.17, 15) is 13.5 Å². The number of hydrogen-bond donors (Lipinski definition) is 2. The summed E-state index contributed by atoms with van der Waals surface area (Å²) in [6, 6.07) is 10.1. The Balaban J connectivity index is 1.70. The normalized spacial score (nSPS) is 17.8. The summed E-state index contributed by atoms with van der Waals surface area (Å²) in [5.74, 6) is 0.222. The van der Waals surface area contributed by atoms with E-state index in [1.165, 1.54) is 6.26 Å². The summed E-state index contributed by atoms with van der Waals surface area (Å²) in [5.41, 5.74) is -0.705. The first kappa shape index (κ1) is 16.5. The first-order chi connectivity index (χ1) is 10.9. The lowest BCUT2D eigenvalue weighted by Crippen LogP contribution is -2.42. The molecular formula is C16H18ClNO4S. The number of halogens is 1. The molecule has 0 amide bonds. The molecule has 23 heavy (non-hydrogen) atoms. The van der Waals surface area contributed by atoms with Gasteiger partial charge in [-0.1, -0.05) is 23.7 Å². The highest BCUT2D eigenvalue weighted by atomic mass is 35.5. The molecule has 0 saturated heterocycles. The number of sulfonamides is 1. The van der Waals surface area contributed by atoms with Crippen molar-refractivity contribution >= 4 is 21.6 Å². The molecule has 1 aliphatic rings. The molecule has 1 atom stereocenters. The van der Waals surface area contributed by atoms with Gasteiger partial charge in [0.1, 0.15) is 11.4 Å². The van der Waals surface area contributed by atoms with Gasteiger partial charge < -0.3 is 9.52 Å². The van der Waals surface area contributed by atoms with E-state index in [4.69, 9.17) is 16.0 Å². The predicted octanol–water partition coefficient (Wildman–Crippen LogP) is 2.65. The molecule has 1 unspecified atom stereocenters. The first-order valence-corrected chi connectivity index (χ1v) is 9.40. The molecule has 2 aromatic rings. The summed E-state index contributed by atoms with van der Waals surface area (Å²) < 4.78 is 32.3. The van der Waals surface area contributed by atoms with Crippen molar-refractivity contribution in [3.63, 3.8) is 0 Å². The van der Waals surface area contributed by atoms with Gasteiger partial charge in [-0.3, -0.25) is 0 Å². The maximum Gasteiger partial charge on any atom is 0.215 e. The molecule has 1 aromatic carbocycles. The van der Waals surface area contributed by atoms with Gasteiger partial charge in [0, 0.05) is 11.6 Å². The highest BCUT2D eigenvalue weighted by molar-refractivity contribution is 7.88. The number of aliphatic hydroxyl groups is 1. The molecule has 124 valence electrons. The minimum absolute atomic E-state index is 0.0162. The quantitative estimate of drug-likeness (QED) is 0.800.